The van der Waals surface area contributed by atoms with Gasteiger partial charge in [-0.2, -0.15) is 0 Å². The van der Waals surface area contributed by atoms with E-state index in [1.54, 1.807) is 6.92 Å². The molecule has 1 heterocycles. The van der Waals surface area contributed by atoms with Gasteiger partial charge < -0.3 is 9.64 Å². The van der Waals surface area contributed by atoms with Gasteiger partial charge in [-0.15, -0.1) is 0 Å². The van der Waals surface area contributed by atoms with Gasteiger partial charge in [-0.05, 0) is 62.6 Å². The highest BCUT2D eigenvalue weighted by Crippen LogP contribution is 2.36. The Morgan fingerprint density at radius 1 is 0.944 bits per heavy atom. The number of unbranched alkanes of at least 4 members (excludes halogenated alkanes) is 3. The number of carbonyl (C=O) groups excluding carboxylic acids is 2. The quantitative estimate of drug-likeness (QED) is 0.212. The summed E-state index contributed by atoms with van der Waals surface area (Å²) in [5, 5.41) is 0. The van der Waals surface area contributed by atoms with Crippen LogP contribution in [0.5, 0.6) is 0 Å². The van der Waals surface area contributed by atoms with Crippen molar-refractivity contribution >= 4 is 23.5 Å². The molecule has 0 radical (unpaired) electrons. The first-order chi connectivity index (χ1) is 17.4. The van der Waals surface area contributed by atoms with Crippen LogP contribution in [0.4, 0.5) is 5.69 Å². The van der Waals surface area contributed by atoms with Crippen molar-refractivity contribution in [1.29, 1.82) is 0 Å². The summed E-state index contributed by atoms with van der Waals surface area (Å²) in [5.74, 6) is -0.243. The van der Waals surface area contributed by atoms with Crippen molar-refractivity contribution in [2.45, 2.75) is 73.6 Å². The molecule has 1 aliphatic heterocycles. The number of benzene rings is 2. The molecule has 0 saturated heterocycles. The van der Waals surface area contributed by atoms with Gasteiger partial charge in [0.25, 0.3) is 0 Å². The zero-order valence-corrected chi connectivity index (χ0v) is 22.8. The molecular weight excluding hydrogens is 446 g/mol. The van der Waals surface area contributed by atoms with Gasteiger partial charge in [0.1, 0.15) is 0 Å². The van der Waals surface area contributed by atoms with E-state index in [1.807, 2.05) is 69.5 Å². The van der Waals surface area contributed by atoms with E-state index in [4.69, 9.17) is 4.74 Å². The highest BCUT2D eigenvalue weighted by atomic mass is 16.5. The number of hydrogen-bond acceptors (Lipinski definition) is 4. The molecular formula is C32H41NO3. The van der Waals surface area contributed by atoms with E-state index < -0.39 is 0 Å². The molecule has 0 unspecified atom stereocenters. The summed E-state index contributed by atoms with van der Waals surface area (Å²) >= 11 is 0. The SMILES string of the molecule is CC=C1CC(C(=O)OCC)=Cc2cc(-c3ccc(C(C)=O)cc3)ccc2N1/C=C\C.CCCCCC. The van der Waals surface area contributed by atoms with Gasteiger partial charge in [-0.25, -0.2) is 4.79 Å². The highest BCUT2D eigenvalue weighted by molar-refractivity contribution is 5.97. The molecule has 0 saturated carbocycles. The van der Waals surface area contributed by atoms with E-state index in [2.05, 4.69) is 36.9 Å². The summed E-state index contributed by atoms with van der Waals surface area (Å²) < 4.78 is 5.29. The van der Waals surface area contributed by atoms with Crippen LogP contribution in [0.25, 0.3) is 17.2 Å². The van der Waals surface area contributed by atoms with Crippen LogP contribution in [-0.2, 0) is 9.53 Å². The number of allylic oxidation sites excluding steroid dienone is 3. The summed E-state index contributed by atoms with van der Waals surface area (Å²) in [6.45, 7) is 12.1. The fourth-order valence-corrected chi connectivity index (χ4v) is 4.06. The van der Waals surface area contributed by atoms with E-state index >= 15 is 0 Å². The Morgan fingerprint density at radius 2 is 1.58 bits per heavy atom. The molecule has 3 rings (SSSR count). The third kappa shape index (κ3) is 7.81. The molecule has 0 bridgehead atoms. The summed E-state index contributed by atoms with van der Waals surface area (Å²) in [4.78, 5) is 26.2. The minimum Gasteiger partial charge on any atom is -0.463 e. The molecule has 0 fully saturated rings. The molecule has 192 valence electrons. The number of nitrogens with zero attached hydrogens (tertiary/aromatic N) is 1. The monoisotopic (exact) mass is 487 g/mol. The van der Waals surface area contributed by atoms with Gasteiger partial charge >= 0.3 is 5.97 Å². The lowest BCUT2D eigenvalue weighted by Crippen LogP contribution is -2.17. The molecule has 0 aliphatic carbocycles. The number of rotatable bonds is 8. The number of fused-ring (bicyclic) bond motifs is 1. The van der Waals surface area contributed by atoms with Crippen molar-refractivity contribution in [3.05, 3.63) is 83.2 Å². The lowest BCUT2D eigenvalue weighted by atomic mass is 9.99. The van der Waals surface area contributed by atoms with Crippen LogP contribution in [0.15, 0.2) is 72.1 Å². The van der Waals surface area contributed by atoms with Crippen LogP contribution in [-0.4, -0.2) is 18.4 Å². The molecule has 2 aromatic rings. The molecule has 0 amide bonds. The summed E-state index contributed by atoms with van der Waals surface area (Å²) in [5.41, 5.74) is 6.32. The average Bonchev–Trinajstić information content (AvgIpc) is 3.04. The number of anilines is 1. The fourth-order valence-electron chi connectivity index (χ4n) is 4.06. The van der Waals surface area contributed by atoms with E-state index in [1.165, 1.54) is 25.7 Å². The van der Waals surface area contributed by atoms with Gasteiger partial charge in [0.05, 0.1) is 12.3 Å². The Labute approximate surface area is 217 Å². The lowest BCUT2D eigenvalue weighted by molar-refractivity contribution is -0.138. The van der Waals surface area contributed by atoms with E-state index in [0.29, 0.717) is 24.2 Å². The zero-order valence-electron chi connectivity index (χ0n) is 22.8. The second kappa shape index (κ2) is 14.9. The van der Waals surface area contributed by atoms with Gasteiger partial charge in [0.15, 0.2) is 5.78 Å². The molecule has 2 aromatic carbocycles. The predicted molar refractivity (Wildman–Crippen MR) is 152 cm³/mol. The minimum absolute atomic E-state index is 0.0476. The molecule has 36 heavy (non-hydrogen) atoms. The molecule has 0 atom stereocenters. The Morgan fingerprint density at radius 3 is 2.11 bits per heavy atom. The van der Waals surface area contributed by atoms with Crippen molar-refractivity contribution in [2.75, 3.05) is 11.5 Å². The number of Topliss-reactive ketones (excluding diaryl/α,β-unsaturated/α-hetero) is 1. The van der Waals surface area contributed by atoms with Crippen LogP contribution in [0.3, 0.4) is 0 Å². The van der Waals surface area contributed by atoms with Crippen LogP contribution in [0.2, 0.25) is 0 Å². The van der Waals surface area contributed by atoms with Crippen LogP contribution in [0.1, 0.15) is 89.6 Å². The van der Waals surface area contributed by atoms with Crippen LogP contribution < -0.4 is 4.90 Å². The first-order valence-corrected chi connectivity index (χ1v) is 13.1. The largest absolute Gasteiger partial charge is 0.463 e. The Bertz CT molecular complexity index is 1100. The second-order valence-electron chi connectivity index (χ2n) is 8.81. The summed E-state index contributed by atoms with van der Waals surface area (Å²) in [6, 6.07) is 13.8. The maximum absolute atomic E-state index is 12.6. The van der Waals surface area contributed by atoms with Gasteiger partial charge in [0.2, 0.25) is 0 Å². The maximum Gasteiger partial charge on any atom is 0.334 e. The maximum atomic E-state index is 12.6. The van der Waals surface area contributed by atoms with E-state index in [-0.39, 0.29) is 11.8 Å². The van der Waals surface area contributed by atoms with Crippen LogP contribution in [0, 0.1) is 0 Å². The van der Waals surface area contributed by atoms with Gasteiger partial charge in [-0.3, -0.25) is 4.79 Å². The Hall–Kier alpha value is -3.40. The molecule has 0 N–H and O–H groups in total. The molecule has 4 nitrogen and oxygen atoms in total. The zero-order chi connectivity index (χ0) is 26.5. The Kier molecular flexibility index (Phi) is 11.9. The van der Waals surface area contributed by atoms with Crippen molar-refractivity contribution in [1.82, 2.24) is 0 Å². The first kappa shape index (κ1) is 28.8. The Balaban J connectivity index is 0.000000678. The van der Waals surface area contributed by atoms with Crippen LogP contribution >= 0.6 is 0 Å². The minimum atomic E-state index is -0.290. The third-order valence-corrected chi connectivity index (χ3v) is 6.05. The van der Waals surface area contributed by atoms with Crippen molar-refractivity contribution in [3.8, 4) is 11.1 Å². The average molecular weight is 488 g/mol. The van der Waals surface area contributed by atoms with Crippen molar-refractivity contribution in [3.63, 3.8) is 0 Å². The first-order valence-electron chi connectivity index (χ1n) is 13.1. The number of carbonyl (C=O) groups is 2. The third-order valence-electron chi connectivity index (χ3n) is 6.05. The fraction of sp³-hybridized carbons (Fsp3) is 0.375. The van der Waals surface area contributed by atoms with E-state index in [0.717, 1.165) is 28.1 Å². The second-order valence-corrected chi connectivity index (χ2v) is 8.81. The predicted octanol–water partition coefficient (Wildman–Crippen LogP) is 8.74. The normalized spacial score (nSPS) is 14.0. The number of ketones is 1. The number of hydrogen-bond donors (Lipinski definition) is 0. The molecule has 0 aromatic heterocycles. The number of ether oxygens (including phenoxy) is 1. The van der Waals surface area contributed by atoms with Crippen molar-refractivity contribution < 1.29 is 14.3 Å². The lowest BCUT2D eigenvalue weighted by Gasteiger charge is -2.24. The van der Waals surface area contributed by atoms with Gasteiger partial charge in [0, 0.05) is 29.5 Å². The molecule has 0 spiro atoms. The molecule has 1 aliphatic rings. The van der Waals surface area contributed by atoms with Gasteiger partial charge in [-0.1, -0.05) is 82.0 Å². The van der Waals surface area contributed by atoms with Crippen molar-refractivity contribution in [2.24, 2.45) is 0 Å². The molecule has 4 heteroatoms. The number of esters is 1. The summed E-state index contributed by atoms with van der Waals surface area (Å²) in [6.07, 6.45) is 14.0. The summed E-state index contributed by atoms with van der Waals surface area (Å²) in [7, 11) is 0. The topological polar surface area (TPSA) is 46.6 Å². The van der Waals surface area contributed by atoms with E-state index in [9.17, 15) is 9.59 Å². The standard InChI is InChI=1S/C26H27NO3.C6H14/c1-5-14-27-24(6-2)17-23(26(29)30-7-3)16-22-15-21(12-13-25(22)27)20-10-8-19(9-11-20)18(4)28;1-3-5-6-4-2/h5-6,8-16H,7,17H2,1-4H3;3-6H2,1-2H3/b14-5-,24-6?;. The highest BCUT2D eigenvalue weighted by Gasteiger charge is 2.23. The smallest absolute Gasteiger partial charge is 0.334 e.